The predicted molar refractivity (Wildman–Crippen MR) is 77.2 cm³/mol. The average Bonchev–Trinajstić information content (AvgIpc) is 2.49. The summed E-state index contributed by atoms with van der Waals surface area (Å²) in [6.07, 6.45) is 0.938. The number of aliphatic hydroxyl groups is 1. The van der Waals surface area contributed by atoms with Gasteiger partial charge in [-0.25, -0.2) is 4.39 Å². The molecule has 0 aromatic heterocycles. The van der Waals surface area contributed by atoms with Gasteiger partial charge in [0.2, 0.25) is 0 Å². The van der Waals surface area contributed by atoms with Gasteiger partial charge in [0.05, 0.1) is 19.3 Å². The van der Waals surface area contributed by atoms with Crippen LogP contribution in [0.1, 0.15) is 25.8 Å². The van der Waals surface area contributed by atoms with Crippen LogP contribution in [0.2, 0.25) is 0 Å². The normalized spacial score (nSPS) is 21.4. The molecule has 0 radical (unpaired) electrons. The van der Waals surface area contributed by atoms with Gasteiger partial charge in [0, 0.05) is 25.0 Å². The molecule has 2 atom stereocenters. The summed E-state index contributed by atoms with van der Waals surface area (Å²) in [6.45, 7) is 7.35. The molecule has 2 unspecified atom stereocenters. The minimum Gasteiger partial charge on any atom is -0.391 e. The van der Waals surface area contributed by atoms with E-state index < -0.39 is 6.10 Å². The van der Waals surface area contributed by atoms with Crippen LogP contribution in [0, 0.1) is 5.82 Å². The second-order valence-electron chi connectivity index (χ2n) is 5.66. The van der Waals surface area contributed by atoms with Crippen molar-refractivity contribution in [3.63, 3.8) is 0 Å². The summed E-state index contributed by atoms with van der Waals surface area (Å²) in [4.78, 5) is 2.31. The minimum atomic E-state index is -0.476. The van der Waals surface area contributed by atoms with E-state index in [1.54, 1.807) is 12.1 Å². The summed E-state index contributed by atoms with van der Waals surface area (Å²) < 4.78 is 18.3. The van der Waals surface area contributed by atoms with Gasteiger partial charge in [-0.15, -0.1) is 0 Å². The molecule has 0 aliphatic carbocycles. The lowest BCUT2D eigenvalue weighted by molar-refractivity contribution is -0.0714. The minimum absolute atomic E-state index is 0.241. The van der Waals surface area contributed by atoms with Crippen LogP contribution in [-0.4, -0.2) is 48.0 Å². The van der Waals surface area contributed by atoms with Crippen molar-refractivity contribution in [1.82, 2.24) is 4.90 Å². The van der Waals surface area contributed by atoms with Crippen LogP contribution in [0.3, 0.4) is 0 Å². The van der Waals surface area contributed by atoms with Gasteiger partial charge in [0.1, 0.15) is 5.82 Å². The van der Waals surface area contributed by atoms with Gasteiger partial charge < -0.3 is 9.84 Å². The van der Waals surface area contributed by atoms with E-state index in [2.05, 4.69) is 18.7 Å². The number of benzene rings is 1. The van der Waals surface area contributed by atoms with Crippen molar-refractivity contribution in [1.29, 1.82) is 0 Å². The molecule has 1 aromatic carbocycles. The van der Waals surface area contributed by atoms with E-state index in [0.29, 0.717) is 6.42 Å². The van der Waals surface area contributed by atoms with Gasteiger partial charge in [0.15, 0.2) is 0 Å². The standard InChI is InChI=1S/C16H24FNO2/c1-3-16(2,18-8-10-20-11-9-18)15(19)12-13-4-6-14(17)7-5-13/h4-7,15,19H,3,8-12H2,1-2H3. The lowest BCUT2D eigenvalue weighted by atomic mass is 9.85. The first-order valence-electron chi connectivity index (χ1n) is 7.31. The van der Waals surface area contributed by atoms with Crippen molar-refractivity contribution in [2.75, 3.05) is 26.3 Å². The first-order valence-corrected chi connectivity index (χ1v) is 7.31. The number of ether oxygens (including phenoxy) is 1. The fourth-order valence-electron chi connectivity index (χ4n) is 2.81. The van der Waals surface area contributed by atoms with Crippen LogP contribution in [0.25, 0.3) is 0 Å². The van der Waals surface area contributed by atoms with Gasteiger partial charge in [-0.05, 0) is 31.0 Å². The van der Waals surface area contributed by atoms with Crippen molar-refractivity contribution < 1.29 is 14.2 Å². The van der Waals surface area contributed by atoms with E-state index in [0.717, 1.165) is 38.3 Å². The zero-order valence-corrected chi connectivity index (χ0v) is 12.3. The Balaban J connectivity index is 2.07. The van der Waals surface area contributed by atoms with Gasteiger partial charge in [-0.2, -0.15) is 0 Å². The third kappa shape index (κ3) is 3.37. The molecule has 1 aliphatic rings. The maximum atomic E-state index is 12.9. The Morgan fingerprint density at radius 2 is 1.90 bits per heavy atom. The fourth-order valence-corrected chi connectivity index (χ4v) is 2.81. The summed E-state index contributed by atoms with van der Waals surface area (Å²) >= 11 is 0. The number of morpholine rings is 1. The molecule has 1 heterocycles. The predicted octanol–water partition coefficient (Wildman–Crippen LogP) is 2.23. The van der Waals surface area contributed by atoms with Gasteiger partial charge in [-0.3, -0.25) is 4.90 Å². The molecule has 3 nitrogen and oxygen atoms in total. The van der Waals surface area contributed by atoms with Gasteiger partial charge in [-0.1, -0.05) is 19.1 Å². The Kier molecular flexibility index (Phi) is 5.13. The first-order chi connectivity index (χ1) is 9.56. The molecule has 20 heavy (non-hydrogen) atoms. The van der Waals surface area contributed by atoms with E-state index in [4.69, 9.17) is 4.74 Å². The molecule has 0 bridgehead atoms. The summed E-state index contributed by atoms with van der Waals surface area (Å²) in [7, 11) is 0. The molecule has 4 heteroatoms. The van der Waals surface area contributed by atoms with Crippen LogP contribution < -0.4 is 0 Å². The Morgan fingerprint density at radius 1 is 1.30 bits per heavy atom. The Morgan fingerprint density at radius 3 is 2.45 bits per heavy atom. The summed E-state index contributed by atoms with van der Waals surface area (Å²) in [5, 5.41) is 10.7. The molecular weight excluding hydrogens is 257 g/mol. The van der Waals surface area contributed by atoms with Crippen LogP contribution in [0.4, 0.5) is 4.39 Å². The zero-order valence-electron chi connectivity index (χ0n) is 12.3. The lowest BCUT2D eigenvalue weighted by Gasteiger charge is -2.46. The van der Waals surface area contributed by atoms with E-state index in [9.17, 15) is 9.50 Å². The molecule has 1 aromatic rings. The highest BCUT2D eigenvalue weighted by atomic mass is 19.1. The number of nitrogens with zero attached hydrogens (tertiary/aromatic N) is 1. The highest BCUT2D eigenvalue weighted by Gasteiger charge is 2.37. The number of hydrogen-bond donors (Lipinski definition) is 1. The molecule has 1 saturated heterocycles. The molecular formula is C16H24FNO2. The molecule has 0 saturated carbocycles. The summed E-state index contributed by atoms with van der Waals surface area (Å²) in [5.74, 6) is -0.241. The molecule has 1 N–H and O–H groups in total. The summed E-state index contributed by atoms with van der Waals surface area (Å²) in [5.41, 5.74) is 0.699. The van der Waals surface area contributed by atoms with Crippen molar-refractivity contribution >= 4 is 0 Å². The molecule has 1 fully saturated rings. The van der Waals surface area contributed by atoms with Crippen molar-refractivity contribution in [3.8, 4) is 0 Å². The molecule has 112 valence electrons. The molecule has 2 rings (SSSR count). The Labute approximate surface area is 120 Å². The van der Waals surface area contributed by atoms with Crippen LogP contribution in [0.15, 0.2) is 24.3 Å². The van der Waals surface area contributed by atoms with Crippen molar-refractivity contribution in [2.24, 2.45) is 0 Å². The third-order valence-electron chi connectivity index (χ3n) is 4.51. The summed E-state index contributed by atoms with van der Waals surface area (Å²) in [6, 6.07) is 6.38. The topological polar surface area (TPSA) is 32.7 Å². The SMILES string of the molecule is CCC(C)(C(O)Cc1ccc(F)cc1)N1CCOCC1. The molecule has 1 aliphatic heterocycles. The lowest BCUT2D eigenvalue weighted by Crippen LogP contribution is -2.58. The quantitative estimate of drug-likeness (QED) is 0.898. The largest absolute Gasteiger partial charge is 0.391 e. The number of halogens is 1. The monoisotopic (exact) mass is 281 g/mol. The van der Waals surface area contributed by atoms with E-state index in [1.165, 1.54) is 12.1 Å². The number of hydrogen-bond acceptors (Lipinski definition) is 3. The third-order valence-corrected chi connectivity index (χ3v) is 4.51. The highest BCUT2D eigenvalue weighted by molar-refractivity contribution is 5.18. The molecule has 0 amide bonds. The first kappa shape index (κ1) is 15.4. The van der Waals surface area contributed by atoms with E-state index in [-0.39, 0.29) is 11.4 Å². The van der Waals surface area contributed by atoms with Crippen LogP contribution in [-0.2, 0) is 11.2 Å². The zero-order chi connectivity index (χ0) is 14.6. The Bertz CT molecular complexity index is 417. The number of rotatable bonds is 5. The van der Waals surface area contributed by atoms with Gasteiger partial charge in [0.25, 0.3) is 0 Å². The van der Waals surface area contributed by atoms with Crippen molar-refractivity contribution in [3.05, 3.63) is 35.6 Å². The second kappa shape index (κ2) is 6.66. The van der Waals surface area contributed by atoms with Crippen LogP contribution >= 0.6 is 0 Å². The number of aliphatic hydroxyl groups excluding tert-OH is 1. The second-order valence-corrected chi connectivity index (χ2v) is 5.66. The maximum absolute atomic E-state index is 12.9. The smallest absolute Gasteiger partial charge is 0.123 e. The highest BCUT2D eigenvalue weighted by Crippen LogP contribution is 2.27. The van der Waals surface area contributed by atoms with Crippen LogP contribution in [0.5, 0.6) is 0 Å². The average molecular weight is 281 g/mol. The fraction of sp³-hybridized carbons (Fsp3) is 0.625. The Hall–Kier alpha value is -0.970. The van der Waals surface area contributed by atoms with Crippen molar-refractivity contribution in [2.45, 2.75) is 38.3 Å². The maximum Gasteiger partial charge on any atom is 0.123 e. The molecule has 0 spiro atoms. The van der Waals surface area contributed by atoms with Gasteiger partial charge >= 0.3 is 0 Å². The van der Waals surface area contributed by atoms with E-state index in [1.807, 2.05) is 0 Å². The van der Waals surface area contributed by atoms with E-state index >= 15 is 0 Å².